The number of halogens is 1. The van der Waals surface area contributed by atoms with Gasteiger partial charge in [-0.15, -0.1) is 0 Å². The van der Waals surface area contributed by atoms with E-state index in [1.807, 2.05) is 4.99 Å². The SMILES string of the molecule is Br/C=C1\CCOC1. The molecule has 0 aromatic carbocycles. The van der Waals surface area contributed by atoms with Gasteiger partial charge in [0.2, 0.25) is 0 Å². The zero-order valence-electron chi connectivity index (χ0n) is 3.98. The van der Waals surface area contributed by atoms with Gasteiger partial charge in [-0.05, 0) is 17.0 Å². The lowest BCUT2D eigenvalue weighted by atomic mass is 10.3. The summed E-state index contributed by atoms with van der Waals surface area (Å²) in [5.41, 5.74) is 1.36. The van der Waals surface area contributed by atoms with Gasteiger partial charge in [0.15, 0.2) is 0 Å². The van der Waals surface area contributed by atoms with Gasteiger partial charge in [0.1, 0.15) is 0 Å². The van der Waals surface area contributed by atoms with Crippen LogP contribution in [0.1, 0.15) is 6.42 Å². The minimum Gasteiger partial charge on any atom is -0.377 e. The Kier molecular flexibility index (Phi) is 1.88. The van der Waals surface area contributed by atoms with Gasteiger partial charge in [-0.2, -0.15) is 0 Å². The van der Waals surface area contributed by atoms with Crippen molar-refractivity contribution in [2.24, 2.45) is 0 Å². The highest BCUT2D eigenvalue weighted by Crippen LogP contribution is 2.11. The maximum atomic E-state index is 5.05. The molecule has 0 unspecified atom stereocenters. The minimum absolute atomic E-state index is 0.825. The summed E-state index contributed by atoms with van der Waals surface area (Å²) in [6, 6.07) is 0. The monoisotopic (exact) mass is 162 g/mol. The smallest absolute Gasteiger partial charge is 0.0685 e. The lowest BCUT2D eigenvalue weighted by molar-refractivity contribution is 0.205. The second-order valence-corrected chi connectivity index (χ2v) is 2.03. The summed E-state index contributed by atoms with van der Waals surface area (Å²) >= 11 is 3.23. The molecule has 0 radical (unpaired) electrons. The molecule has 0 spiro atoms. The van der Waals surface area contributed by atoms with Crippen molar-refractivity contribution < 1.29 is 4.74 Å². The zero-order chi connectivity index (χ0) is 5.11. The zero-order valence-corrected chi connectivity index (χ0v) is 5.57. The molecule has 2 heteroatoms. The lowest BCUT2D eigenvalue weighted by Gasteiger charge is -1.82. The Bertz CT molecular complexity index is 80.1. The molecule has 0 bridgehead atoms. The van der Waals surface area contributed by atoms with Gasteiger partial charge in [0.05, 0.1) is 13.2 Å². The Hall–Kier alpha value is 0.180. The van der Waals surface area contributed by atoms with Crippen LogP contribution in [-0.4, -0.2) is 13.2 Å². The standard InChI is InChI=1S/C5H7BrO/c6-3-5-1-2-7-4-5/h3H,1-2,4H2/b5-3+. The number of rotatable bonds is 0. The van der Waals surface area contributed by atoms with Crippen LogP contribution in [0.5, 0.6) is 0 Å². The Morgan fingerprint density at radius 3 is 2.86 bits per heavy atom. The molecular weight excluding hydrogens is 156 g/mol. The Morgan fingerprint density at radius 1 is 1.71 bits per heavy atom. The first-order valence-corrected chi connectivity index (χ1v) is 3.21. The number of ether oxygens (including phenoxy) is 1. The minimum atomic E-state index is 0.825. The maximum Gasteiger partial charge on any atom is 0.0685 e. The summed E-state index contributed by atoms with van der Waals surface area (Å²) in [4.78, 5) is 1.94. The highest BCUT2D eigenvalue weighted by Gasteiger charge is 2.03. The highest BCUT2D eigenvalue weighted by molar-refractivity contribution is 9.11. The van der Waals surface area contributed by atoms with Gasteiger partial charge in [-0.25, -0.2) is 0 Å². The molecule has 40 valence electrons. The van der Waals surface area contributed by atoms with Crippen LogP contribution >= 0.6 is 15.9 Å². The van der Waals surface area contributed by atoms with E-state index in [-0.39, 0.29) is 0 Å². The molecule has 1 aliphatic heterocycles. The topological polar surface area (TPSA) is 9.23 Å². The molecule has 0 aliphatic carbocycles. The lowest BCUT2D eigenvalue weighted by Crippen LogP contribution is -1.77. The van der Waals surface area contributed by atoms with Gasteiger partial charge < -0.3 is 4.74 Å². The second kappa shape index (κ2) is 2.48. The molecule has 1 rings (SSSR count). The maximum absolute atomic E-state index is 5.05. The van der Waals surface area contributed by atoms with Crippen molar-refractivity contribution in [1.82, 2.24) is 0 Å². The normalized spacial score (nSPS) is 26.7. The summed E-state index contributed by atoms with van der Waals surface area (Å²) in [6.07, 6.45) is 1.10. The van der Waals surface area contributed by atoms with Crippen molar-refractivity contribution >= 4 is 15.9 Å². The molecule has 0 N–H and O–H groups in total. The molecule has 0 aromatic heterocycles. The van der Waals surface area contributed by atoms with E-state index in [0.29, 0.717) is 0 Å². The van der Waals surface area contributed by atoms with Gasteiger partial charge in [0.25, 0.3) is 0 Å². The molecule has 0 aromatic rings. The average Bonchev–Trinajstić information content (AvgIpc) is 2.14. The first-order chi connectivity index (χ1) is 3.43. The van der Waals surface area contributed by atoms with Crippen molar-refractivity contribution in [1.29, 1.82) is 0 Å². The Balaban J connectivity index is 2.41. The largest absolute Gasteiger partial charge is 0.377 e. The summed E-state index contributed by atoms with van der Waals surface area (Å²) < 4.78 is 5.05. The molecular formula is C5H7BrO. The van der Waals surface area contributed by atoms with Crippen molar-refractivity contribution in [3.8, 4) is 0 Å². The predicted molar refractivity (Wildman–Crippen MR) is 32.4 cm³/mol. The van der Waals surface area contributed by atoms with Gasteiger partial charge in [-0.3, -0.25) is 0 Å². The molecule has 1 saturated heterocycles. The van der Waals surface area contributed by atoms with E-state index in [0.717, 1.165) is 19.6 Å². The molecule has 0 amide bonds. The second-order valence-electron chi connectivity index (χ2n) is 1.57. The highest BCUT2D eigenvalue weighted by atomic mass is 79.9. The molecule has 1 aliphatic rings. The van der Waals surface area contributed by atoms with Crippen molar-refractivity contribution in [3.63, 3.8) is 0 Å². The fraction of sp³-hybridized carbons (Fsp3) is 0.600. The average molecular weight is 163 g/mol. The molecule has 1 fully saturated rings. The summed E-state index contributed by atoms with van der Waals surface area (Å²) in [5.74, 6) is 0. The van der Waals surface area contributed by atoms with Crippen molar-refractivity contribution in [2.45, 2.75) is 6.42 Å². The predicted octanol–water partition coefficient (Wildman–Crippen LogP) is 1.69. The summed E-state index contributed by atoms with van der Waals surface area (Å²) in [6.45, 7) is 1.72. The van der Waals surface area contributed by atoms with Gasteiger partial charge in [-0.1, -0.05) is 15.9 Å². The van der Waals surface area contributed by atoms with E-state index in [1.54, 1.807) is 0 Å². The fourth-order valence-electron chi connectivity index (χ4n) is 0.565. The van der Waals surface area contributed by atoms with Crippen LogP contribution in [0, 0.1) is 0 Å². The van der Waals surface area contributed by atoms with Crippen molar-refractivity contribution in [2.75, 3.05) is 13.2 Å². The van der Waals surface area contributed by atoms with Crippen molar-refractivity contribution in [3.05, 3.63) is 10.6 Å². The third-order valence-electron chi connectivity index (χ3n) is 1.01. The van der Waals surface area contributed by atoms with Gasteiger partial charge in [0, 0.05) is 0 Å². The van der Waals surface area contributed by atoms with Crippen LogP contribution < -0.4 is 0 Å². The van der Waals surface area contributed by atoms with E-state index in [2.05, 4.69) is 15.9 Å². The Morgan fingerprint density at radius 2 is 2.57 bits per heavy atom. The molecule has 7 heavy (non-hydrogen) atoms. The van der Waals surface area contributed by atoms with Crippen LogP contribution in [0.4, 0.5) is 0 Å². The molecule has 0 saturated carbocycles. The van der Waals surface area contributed by atoms with Gasteiger partial charge >= 0.3 is 0 Å². The van der Waals surface area contributed by atoms with E-state index in [9.17, 15) is 0 Å². The van der Waals surface area contributed by atoms with Crippen LogP contribution in [-0.2, 0) is 4.74 Å². The number of hydrogen-bond acceptors (Lipinski definition) is 1. The quantitative estimate of drug-likeness (QED) is 0.527. The fourth-order valence-corrected chi connectivity index (χ4v) is 0.926. The van der Waals surface area contributed by atoms with E-state index in [4.69, 9.17) is 4.74 Å². The van der Waals surface area contributed by atoms with E-state index < -0.39 is 0 Å². The van der Waals surface area contributed by atoms with Crippen LogP contribution in [0.15, 0.2) is 10.6 Å². The summed E-state index contributed by atoms with van der Waals surface area (Å²) in [5, 5.41) is 0. The molecule has 1 heterocycles. The first-order valence-electron chi connectivity index (χ1n) is 2.29. The first kappa shape index (κ1) is 5.32. The van der Waals surface area contributed by atoms with Crippen LogP contribution in [0.3, 0.4) is 0 Å². The Labute approximate surface area is 51.5 Å². The molecule has 0 atom stereocenters. The van der Waals surface area contributed by atoms with Crippen LogP contribution in [0.2, 0.25) is 0 Å². The van der Waals surface area contributed by atoms with E-state index in [1.165, 1.54) is 5.57 Å². The number of hydrogen-bond donors (Lipinski definition) is 0. The third kappa shape index (κ3) is 1.28. The molecule has 1 nitrogen and oxygen atoms in total. The summed E-state index contributed by atoms with van der Waals surface area (Å²) in [7, 11) is 0. The van der Waals surface area contributed by atoms with Crippen LogP contribution in [0.25, 0.3) is 0 Å². The van der Waals surface area contributed by atoms with E-state index >= 15 is 0 Å². The third-order valence-corrected chi connectivity index (χ3v) is 1.66.